The van der Waals surface area contributed by atoms with E-state index in [0.29, 0.717) is 5.56 Å². The van der Waals surface area contributed by atoms with Crippen LogP contribution in [0.2, 0.25) is 0 Å². The first-order valence-electron chi connectivity index (χ1n) is 4.47. The average molecular weight is 324 g/mol. The van der Waals surface area contributed by atoms with E-state index in [2.05, 4.69) is 21.2 Å². The van der Waals surface area contributed by atoms with Crippen molar-refractivity contribution in [3.8, 4) is 5.75 Å². The minimum Gasteiger partial charge on any atom is -0.492 e. The number of rotatable bonds is 1. The Morgan fingerprint density at radius 1 is 1.57 bits per heavy atom. The summed E-state index contributed by atoms with van der Waals surface area (Å²) in [6, 6.07) is 1.61. The average Bonchev–Trinajstić information content (AvgIpc) is 2.20. The van der Waals surface area contributed by atoms with E-state index in [0.717, 1.165) is 35.7 Å². The molecule has 76 valence electrons. The maximum Gasteiger partial charge on any atom is 0.137 e. The van der Waals surface area contributed by atoms with Crippen LogP contribution in [0, 0.1) is 12.7 Å². The molecular weight excluding hydrogens is 314 g/mol. The van der Waals surface area contributed by atoms with Crippen molar-refractivity contribution in [2.24, 2.45) is 0 Å². The van der Waals surface area contributed by atoms with Crippen LogP contribution in [0.4, 0.5) is 4.39 Å². The fourth-order valence-corrected chi connectivity index (χ4v) is 3.69. The molecule has 0 bridgehead atoms. The second kappa shape index (κ2) is 4.26. The van der Waals surface area contributed by atoms with E-state index >= 15 is 0 Å². The topological polar surface area (TPSA) is 9.23 Å². The predicted molar refractivity (Wildman–Crippen MR) is 64.8 cm³/mol. The van der Waals surface area contributed by atoms with Crippen molar-refractivity contribution in [1.82, 2.24) is 0 Å². The van der Waals surface area contributed by atoms with Gasteiger partial charge in [0.2, 0.25) is 0 Å². The molecule has 4 heteroatoms. The molecule has 2 rings (SSSR count). The van der Waals surface area contributed by atoms with Gasteiger partial charge in [0.05, 0.1) is 11.5 Å². The van der Waals surface area contributed by atoms with Gasteiger partial charge in [0.15, 0.2) is 0 Å². The van der Waals surface area contributed by atoms with Crippen molar-refractivity contribution < 1.29 is 9.13 Å². The molecule has 0 saturated carbocycles. The molecule has 1 aromatic rings. The van der Waals surface area contributed by atoms with Crippen LogP contribution in [0.15, 0.2) is 11.0 Å². The Labute approximate surface area is 99.0 Å². The molecule has 0 saturated heterocycles. The summed E-state index contributed by atoms with van der Waals surface area (Å²) in [5.41, 5.74) is 1.71. The normalized spacial score (nSPS) is 14.8. The van der Waals surface area contributed by atoms with Crippen molar-refractivity contribution in [2.75, 3.05) is 6.61 Å². The Bertz CT molecular complexity index is 368. The number of hydrogen-bond donors (Lipinski definition) is 0. The molecule has 1 nitrogen and oxygen atoms in total. The number of benzene rings is 1. The third-order valence-corrected chi connectivity index (χ3v) is 4.38. The van der Waals surface area contributed by atoms with E-state index in [1.54, 1.807) is 13.0 Å². The molecule has 0 aromatic heterocycles. The lowest BCUT2D eigenvalue weighted by atomic mass is 10.0. The number of fused-ring (bicyclic) bond motifs is 1. The molecule has 1 heterocycles. The van der Waals surface area contributed by atoms with Crippen LogP contribution in [0.25, 0.3) is 0 Å². The number of hydrogen-bond acceptors (Lipinski definition) is 2. The van der Waals surface area contributed by atoms with E-state index in [1.165, 1.54) is 8.93 Å². The molecule has 0 N–H and O–H groups in total. The van der Waals surface area contributed by atoms with Gasteiger partial charge in [-0.25, -0.2) is 4.39 Å². The van der Waals surface area contributed by atoms with E-state index in [4.69, 9.17) is 4.74 Å². The summed E-state index contributed by atoms with van der Waals surface area (Å²) in [5.74, 6) is 0.781. The largest absolute Gasteiger partial charge is 0.492 e. The lowest BCUT2D eigenvalue weighted by molar-refractivity contribution is 0.279. The lowest BCUT2D eigenvalue weighted by Gasteiger charge is -2.20. The SMILES string of the molecule is Cc1c(F)cc2c(c1SI)OCCC2. The van der Waals surface area contributed by atoms with Crippen molar-refractivity contribution in [1.29, 1.82) is 0 Å². The molecule has 1 aliphatic heterocycles. The standard InChI is InChI=1S/C10H10FIOS/c1-6-8(11)5-7-3-2-4-13-9(7)10(6)14-12/h5H,2-4H2,1H3. The molecular formula is C10H10FIOS. The molecule has 1 aliphatic rings. The van der Waals surface area contributed by atoms with Crippen molar-refractivity contribution >= 4 is 30.1 Å². The summed E-state index contributed by atoms with van der Waals surface area (Å²) in [4.78, 5) is 0.945. The summed E-state index contributed by atoms with van der Waals surface area (Å²) < 4.78 is 19.1. The van der Waals surface area contributed by atoms with Gasteiger partial charge in [-0.3, -0.25) is 0 Å². The number of aryl methyl sites for hydroxylation is 1. The van der Waals surface area contributed by atoms with Crippen LogP contribution >= 0.6 is 30.1 Å². The first-order valence-corrected chi connectivity index (χ1v) is 7.83. The van der Waals surface area contributed by atoms with Crippen molar-refractivity contribution in [3.63, 3.8) is 0 Å². The van der Waals surface area contributed by atoms with Gasteiger partial charge < -0.3 is 4.74 Å². The van der Waals surface area contributed by atoms with Gasteiger partial charge in [-0.15, -0.1) is 0 Å². The fourth-order valence-electron chi connectivity index (χ4n) is 1.63. The number of halogens is 2. The monoisotopic (exact) mass is 324 g/mol. The minimum absolute atomic E-state index is 0.117. The Morgan fingerprint density at radius 2 is 2.36 bits per heavy atom. The molecule has 0 atom stereocenters. The zero-order valence-electron chi connectivity index (χ0n) is 7.77. The van der Waals surface area contributed by atoms with Gasteiger partial charge in [0.25, 0.3) is 0 Å². The fraction of sp³-hybridized carbons (Fsp3) is 0.400. The second-order valence-electron chi connectivity index (χ2n) is 3.33. The first-order chi connectivity index (χ1) is 6.74. The summed E-state index contributed by atoms with van der Waals surface area (Å²) in [7, 11) is 1.53. The van der Waals surface area contributed by atoms with Gasteiger partial charge in [0, 0.05) is 26.8 Å². The summed E-state index contributed by atoms with van der Waals surface area (Å²) in [6.07, 6.45) is 1.91. The van der Waals surface area contributed by atoms with Crippen LogP contribution in [0.3, 0.4) is 0 Å². The third kappa shape index (κ3) is 1.74. The van der Waals surface area contributed by atoms with E-state index in [9.17, 15) is 4.39 Å². The first kappa shape index (κ1) is 10.5. The molecule has 0 unspecified atom stereocenters. The highest BCUT2D eigenvalue weighted by Crippen LogP contribution is 2.42. The van der Waals surface area contributed by atoms with E-state index in [1.807, 2.05) is 0 Å². The highest BCUT2D eigenvalue weighted by Gasteiger charge is 2.19. The zero-order valence-corrected chi connectivity index (χ0v) is 10.7. The molecule has 0 radical (unpaired) electrons. The van der Waals surface area contributed by atoms with E-state index < -0.39 is 0 Å². The molecule has 0 fully saturated rings. The highest BCUT2D eigenvalue weighted by atomic mass is 127. The van der Waals surface area contributed by atoms with E-state index in [-0.39, 0.29) is 5.82 Å². The van der Waals surface area contributed by atoms with Crippen LogP contribution in [0.5, 0.6) is 5.75 Å². The van der Waals surface area contributed by atoms with Crippen LogP contribution in [-0.4, -0.2) is 6.61 Å². The minimum atomic E-state index is -0.117. The molecule has 1 aromatic carbocycles. The maximum absolute atomic E-state index is 13.5. The molecule has 0 spiro atoms. The highest BCUT2D eigenvalue weighted by molar-refractivity contribution is 14.2. The quantitative estimate of drug-likeness (QED) is 0.725. The van der Waals surface area contributed by atoms with Crippen molar-refractivity contribution in [2.45, 2.75) is 24.7 Å². The van der Waals surface area contributed by atoms with Gasteiger partial charge in [-0.1, -0.05) is 0 Å². The van der Waals surface area contributed by atoms with Gasteiger partial charge >= 0.3 is 0 Å². The summed E-state index contributed by atoms with van der Waals surface area (Å²) >= 11 is 2.17. The molecule has 0 aliphatic carbocycles. The van der Waals surface area contributed by atoms with Gasteiger partial charge in [-0.05, 0) is 40.3 Å². The van der Waals surface area contributed by atoms with Crippen LogP contribution < -0.4 is 4.74 Å². The molecule has 14 heavy (non-hydrogen) atoms. The van der Waals surface area contributed by atoms with Gasteiger partial charge in [-0.2, -0.15) is 0 Å². The summed E-state index contributed by atoms with van der Waals surface area (Å²) in [6.45, 7) is 2.55. The van der Waals surface area contributed by atoms with Crippen LogP contribution in [0.1, 0.15) is 17.5 Å². The summed E-state index contributed by atoms with van der Waals surface area (Å²) in [5, 5.41) is 0. The van der Waals surface area contributed by atoms with Crippen LogP contribution in [-0.2, 0) is 6.42 Å². The Kier molecular flexibility index (Phi) is 3.21. The Balaban J connectivity index is 2.60. The zero-order chi connectivity index (χ0) is 10.1. The smallest absolute Gasteiger partial charge is 0.137 e. The second-order valence-corrected chi connectivity index (χ2v) is 5.21. The maximum atomic E-state index is 13.5. The third-order valence-electron chi connectivity index (χ3n) is 2.41. The Morgan fingerprint density at radius 3 is 3.07 bits per heavy atom. The Hall–Kier alpha value is 0.0300. The van der Waals surface area contributed by atoms with Crippen molar-refractivity contribution in [3.05, 3.63) is 23.0 Å². The van der Waals surface area contributed by atoms with Gasteiger partial charge in [0.1, 0.15) is 11.6 Å². The number of ether oxygens (including phenoxy) is 1. The predicted octanol–water partition coefficient (Wildman–Crippen LogP) is 3.90. The molecule has 0 amide bonds. The lowest BCUT2D eigenvalue weighted by Crippen LogP contribution is -2.10.